The quantitative estimate of drug-likeness (QED) is 0.601. The van der Waals surface area contributed by atoms with E-state index in [-0.39, 0.29) is 12.0 Å². The van der Waals surface area contributed by atoms with Crippen LogP contribution < -0.4 is 4.74 Å². The zero-order chi connectivity index (χ0) is 17.6. The molecule has 0 aliphatic heterocycles. The number of carbonyl (C=O) groups excluding carboxylic acids is 1. The smallest absolute Gasteiger partial charge is 0.254 e. The van der Waals surface area contributed by atoms with Gasteiger partial charge in [-0.25, -0.2) is 0 Å². The van der Waals surface area contributed by atoms with Gasteiger partial charge >= 0.3 is 0 Å². The van der Waals surface area contributed by atoms with Gasteiger partial charge in [0, 0.05) is 10.4 Å². The lowest BCUT2D eigenvalue weighted by Gasteiger charge is -2.21. The van der Waals surface area contributed by atoms with Crippen LogP contribution in [0.25, 0.3) is 0 Å². The predicted molar refractivity (Wildman–Crippen MR) is 98.8 cm³/mol. The molecule has 0 atom stereocenters. The Morgan fingerprint density at radius 1 is 1.12 bits per heavy atom. The second-order valence-electron chi connectivity index (χ2n) is 6.01. The van der Waals surface area contributed by atoms with E-state index >= 15 is 0 Å². The molecule has 0 saturated heterocycles. The Morgan fingerprint density at radius 3 is 2.52 bits per heavy atom. The Morgan fingerprint density at radius 2 is 1.92 bits per heavy atom. The van der Waals surface area contributed by atoms with Crippen molar-refractivity contribution in [2.75, 3.05) is 0 Å². The Bertz CT molecular complexity index is 741. The molecule has 0 fully saturated rings. The third kappa shape index (κ3) is 4.73. The van der Waals surface area contributed by atoms with Gasteiger partial charge in [-0.1, -0.05) is 6.07 Å². The maximum Gasteiger partial charge on any atom is 0.254 e. The van der Waals surface area contributed by atoms with Gasteiger partial charge in [-0.2, -0.15) is 0 Å². The molecule has 3 rings (SSSR count). The molecule has 0 N–H and O–H groups in total. The number of hydrogen-bond acceptors (Lipinski definition) is 4. The molecule has 0 bridgehead atoms. The van der Waals surface area contributed by atoms with E-state index < -0.39 is 0 Å². The molecule has 3 aromatic rings. The number of thiophene rings is 1. The lowest BCUT2D eigenvalue weighted by atomic mass is 10.2. The summed E-state index contributed by atoms with van der Waals surface area (Å²) in [5, 5.41) is 2.02. The molecule has 4 nitrogen and oxygen atoms in total. The number of hydrogen-bond donors (Lipinski definition) is 0. The Balaban J connectivity index is 1.77. The minimum atomic E-state index is -0.0269. The van der Waals surface area contributed by atoms with Gasteiger partial charge in [-0.05, 0) is 61.7 Å². The van der Waals surface area contributed by atoms with Gasteiger partial charge in [0.25, 0.3) is 5.91 Å². The molecule has 5 heteroatoms. The first-order valence-electron chi connectivity index (χ1n) is 8.22. The summed E-state index contributed by atoms with van der Waals surface area (Å²) in [5.41, 5.74) is 0.638. The maximum atomic E-state index is 13.0. The number of rotatable bonds is 7. The fourth-order valence-corrected chi connectivity index (χ4v) is 3.23. The van der Waals surface area contributed by atoms with Crippen LogP contribution >= 0.6 is 11.3 Å². The van der Waals surface area contributed by atoms with Crippen LogP contribution in [0.4, 0.5) is 0 Å². The summed E-state index contributed by atoms with van der Waals surface area (Å²) in [6.07, 6.45) is 1.73. The standard InChI is InChI=1S/C20H21NO3S/c1-15(2)24-17-9-7-16(8-10-17)20(22)21(13-18-5-3-11-23-18)14-19-6-4-12-25-19/h3-12,15H,13-14H2,1-2H3. The Kier molecular flexibility index (Phi) is 5.56. The normalized spacial score (nSPS) is 10.8. The van der Waals surface area contributed by atoms with Crippen LogP contribution in [0.5, 0.6) is 5.75 Å². The molecule has 0 radical (unpaired) electrons. The van der Waals surface area contributed by atoms with Gasteiger partial charge in [0.05, 0.1) is 25.5 Å². The van der Waals surface area contributed by atoms with E-state index in [2.05, 4.69) is 0 Å². The van der Waals surface area contributed by atoms with E-state index in [9.17, 15) is 4.79 Å². The average Bonchev–Trinajstić information content (AvgIpc) is 3.28. The first-order valence-corrected chi connectivity index (χ1v) is 9.10. The van der Waals surface area contributed by atoms with Crippen LogP contribution in [0.15, 0.2) is 64.6 Å². The van der Waals surface area contributed by atoms with Crippen molar-refractivity contribution < 1.29 is 13.9 Å². The van der Waals surface area contributed by atoms with Crippen LogP contribution in [-0.4, -0.2) is 16.9 Å². The lowest BCUT2D eigenvalue weighted by molar-refractivity contribution is 0.0719. The van der Waals surface area contributed by atoms with Gasteiger partial charge in [0.15, 0.2) is 0 Å². The van der Waals surface area contributed by atoms with Gasteiger partial charge in [0.2, 0.25) is 0 Å². The molecule has 1 amide bonds. The van der Waals surface area contributed by atoms with E-state index in [4.69, 9.17) is 9.15 Å². The number of amides is 1. The fraction of sp³-hybridized carbons (Fsp3) is 0.250. The molecule has 0 aliphatic carbocycles. The molecular weight excluding hydrogens is 334 g/mol. The van der Waals surface area contributed by atoms with E-state index in [0.29, 0.717) is 18.7 Å². The number of ether oxygens (including phenoxy) is 1. The average molecular weight is 355 g/mol. The van der Waals surface area contributed by atoms with Crippen molar-refractivity contribution >= 4 is 17.2 Å². The zero-order valence-electron chi connectivity index (χ0n) is 14.3. The third-order valence-corrected chi connectivity index (χ3v) is 4.48. The minimum Gasteiger partial charge on any atom is -0.491 e. The van der Waals surface area contributed by atoms with Crippen LogP contribution in [0.1, 0.15) is 34.8 Å². The molecule has 0 aliphatic rings. The van der Waals surface area contributed by atoms with Gasteiger partial charge < -0.3 is 14.1 Å². The van der Waals surface area contributed by atoms with Crippen molar-refractivity contribution in [2.24, 2.45) is 0 Å². The molecule has 130 valence electrons. The van der Waals surface area contributed by atoms with Crippen molar-refractivity contribution in [3.05, 3.63) is 76.4 Å². The molecule has 2 heterocycles. The van der Waals surface area contributed by atoms with E-state index in [1.54, 1.807) is 22.5 Å². The first kappa shape index (κ1) is 17.3. The van der Waals surface area contributed by atoms with Crippen LogP contribution in [0, 0.1) is 0 Å². The Labute approximate surface area is 151 Å². The number of carbonyl (C=O) groups is 1. The summed E-state index contributed by atoms with van der Waals surface area (Å²) in [4.78, 5) is 15.9. The highest BCUT2D eigenvalue weighted by Gasteiger charge is 2.18. The summed E-state index contributed by atoms with van der Waals surface area (Å²) in [5.74, 6) is 1.51. The molecular formula is C20H21NO3S. The predicted octanol–water partition coefficient (Wildman–Crippen LogP) is 4.97. The maximum absolute atomic E-state index is 13.0. The summed E-state index contributed by atoms with van der Waals surface area (Å²) < 4.78 is 11.1. The molecule has 25 heavy (non-hydrogen) atoms. The highest BCUT2D eigenvalue weighted by Crippen LogP contribution is 2.19. The largest absolute Gasteiger partial charge is 0.491 e. The van der Waals surface area contributed by atoms with Gasteiger partial charge in [-0.15, -0.1) is 11.3 Å². The lowest BCUT2D eigenvalue weighted by Crippen LogP contribution is -2.29. The Hall–Kier alpha value is -2.53. The van der Waals surface area contributed by atoms with Crippen LogP contribution in [0.2, 0.25) is 0 Å². The third-order valence-electron chi connectivity index (χ3n) is 3.61. The molecule has 1 aromatic carbocycles. The summed E-state index contributed by atoms with van der Waals surface area (Å²) in [6, 6.07) is 15.0. The summed E-state index contributed by atoms with van der Waals surface area (Å²) >= 11 is 1.64. The second kappa shape index (κ2) is 8.03. The monoisotopic (exact) mass is 355 g/mol. The highest BCUT2D eigenvalue weighted by molar-refractivity contribution is 7.09. The van der Waals surface area contributed by atoms with Crippen LogP contribution in [-0.2, 0) is 13.1 Å². The van der Waals surface area contributed by atoms with E-state index in [1.807, 2.05) is 67.8 Å². The number of furan rings is 1. The van der Waals surface area contributed by atoms with Crippen molar-refractivity contribution in [3.8, 4) is 5.75 Å². The summed E-state index contributed by atoms with van der Waals surface area (Å²) in [6.45, 7) is 4.95. The van der Waals surface area contributed by atoms with Crippen molar-refractivity contribution in [2.45, 2.75) is 33.0 Å². The van der Waals surface area contributed by atoms with E-state index in [0.717, 1.165) is 16.4 Å². The molecule has 0 unspecified atom stereocenters. The van der Waals surface area contributed by atoms with Gasteiger partial charge in [0.1, 0.15) is 11.5 Å². The molecule has 0 saturated carbocycles. The van der Waals surface area contributed by atoms with Crippen molar-refractivity contribution in [1.29, 1.82) is 0 Å². The molecule has 2 aromatic heterocycles. The fourth-order valence-electron chi connectivity index (χ4n) is 2.51. The zero-order valence-corrected chi connectivity index (χ0v) is 15.2. The van der Waals surface area contributed by atoms with Crippen molar-refractivity contribution in [1.82, 2.24) is 4.90 Å². The topological polar surface area (TPSA) is 42.7 Å². The number of nitrogens with zero attached hydrogens (tertiary/aromatic N) is 1. The SMILES string of the molecule is CC(C)Oc1ccc(C(=O)N(Cc2ccco2)Cc2cccs2)cc1. The second-order valence-corrected chi connectivity index (χ2v) is 7.04. The molecule has 0 spiro atoms. The summed E-state index contributed by atoms with van der Waals surface area (Å²) in [7, 11) is 0. The minimum absolute atomic E-state index is 0.0269. The van der Waals surface area contributed by atoms with Crippen molar-refractivity contribution in [3.63, 3.8) is 0 Å². The van der Waals surface area contributed by atoms with E-state index in [1.165, 1.54) is 0 Å². The first-order chi connectivity index (χ1) is 12.1. The van der Waals surface area contributed by atoms with Gasteiger partial charge in [-0.3, -0.25) is 4.79 Å². The van der Waals surface area contributed by atoms with Crippen LogP contribution in [0.3, 0.4) is 0 Å². The highest BCUT2D eigenvalue weighted by atomic mass is 32.1. The number of benzene rings is 1.